The highest BCUT2D eigenvalue weighted by Gasteiger charge is 2.37. The zero-order chi connectivity index (χ0) is 16.4. The summed E-state index contributed by atoms with van der Waals surface area (Å²) in [6.07, 6.45) is 0.904. The van der Waals surface area contributed by atoms with E-state index in [1.54, 1.807) is 0 Å². The fourth-order valence-corrected chi connectivity index (χ4v) is 3.12. The van der Waals surface area contributed by atoms with Crippen molar-refractivity contribution >= 4 is 17.6 Å². The maximum atomic E-state index is 12.6. The number of carboxylic acids is 1. The second kappa shape index (κ2) is 6.38. The molecular formula is C17H24N2O3. The normalized spacial score (nSPS) is 19.7. The van der Waals surface area contributed by atoms with Crippen LogP contribution in [0.4, 0.5) is 5.69 Å². The summed E-state index contributed by atoms with van der Waals surface area (Å²) in [7, 11) is 0. The van der Waals surface area contributed by atoms with Crippen molar-refractivity contribution in [3.63, 3.8) is 0 Å². The molecule has 2 N–H and O–H groups in total. The molecule has 0 aromatic heterocycles. The topological polar surface area (TPSA) is 69.6 Å². The highest BCUT2D eigenvalue weighted by Crippen LogP contribution is 2.35. The van der Waals surface area contributed by atoms with Crippen LogP contribution in [0.2, 0.25) is 0 Å². The first-order valence-electron chi connectivity index (χ1n) is 7.72. The molecule has 5 heteroatoms. The maximum Gasteiger partial charge on any atom is 0.325 e. The van der Waals surface area contributed by atoms with Crippen LogP contribution in [0, 0.1) is 5.92 Å². The first-order chi connectivity index (χ1) is 10.3. The smallest absolute Gasteiger partial charge is 0.325 e. The molecule has 1 aromatic carbocycles. The van der Waals surface area contributed by atoms with Crippen LogP contribution in [0.5, 0.6) is 0 Å². The molecule has 0 spiro atoms. The van der Waals surface area contributed by atoms with Crippen LogP contribution < -0.4 is 10.2 Å². The number of carbonyl (C=O) groups is 2. The summed E-state index contributed by atoms with van der Waals surface area (Å²) < 4.78 is 0. The number of anilines is 1. The Balaban J connectivity index is 2.29. The van der Waals surface area contributed by atoms with E-state index < -0.39 is 12.0 Å². The van der Waals surface area contributed by atoms with Crippen molar-refractivity contribution in [1.82, 2.24) is 5.32 Å². The van der Waals surface area contributed by atoms with Crippen molar-refractivity contribution in [2.24, 2.45) is 5.92 Å². The molecule has 0 bridgehead atoms. The van der Waals surface area contributed by atoms with Crippen LogP contribution in [0.3, 0.4) is 0 Å². The van der Waals surface area contributed by atoms with Gasteiger partial charge in [0, 0.05) is 11.7 Å². The number of carboxylic acid groups (broad SMARTS) is 1. The predicted octanol–water partition coefficient (Wildman–Crippen LogP) is 2.05. The molecule has 1 amide bonds. The molecule has 3 unspecified atom stereocenters. The first-order valence-corrected chi connectivity index (χ1v) is 7.72. The number of rotatable bonds is 5. The van der Waals surface area contributed by atoms with Gasteiger partial charge in [-0.15, -0.1) is 0 Å². The molecule has 22 heavy (non-hydrogen) atoms. The lowest BCUT2D eigenvalue weighted by Gasteiger charge is -2.36. The van der Waals surface area contributed by atoms with E-state index in [1.165, 1.54) is 12.5 Å². The summed E-state index contributed by atoms with van der Waals surface area (Å²) in [6.45, 7) is 7.56. The van der Waals surface area contributed by atoms with Crippen molar-refractivity contribution in [2.75, 3.05) is 4.90 Å². The molecule has 1 aliphatic rings. The van der Waals surface area contributed by atoms with Gasteiger partial charge in [-0.3, -0.25) is 9.59 Å². The van der Waals surface area contributed by atoms with Gasteiger partial charge in [0.15, 0.2) is 0 Å². The number of nitrogens with one attached hydrogen (secondary N) is 1. The van der Waals surface area contributed by atoms with E-state index in [9.17, 15) is 9.59 Å². The molecule has 0 aliphatic carbocycles. The quantitative estimate of drug-likeness (QED) is 0.873. The number of carbonyl (C=O) groups excluding carboxylic acids is 1. The molecule has 0 radical (unpaired) electrons. The Bertz CT molecular complexity index is 571. The van der Waals surface area contributed by atoms with Crippen LogP contribution in [0.15, 0.2) is 24.3 Å². The molecule has 120 valence electrons. The number of hydrogen-bond acceptors (Lipinski definition) is 3. The highest BCUT2D eigenvalue weighted by atomic mass is 16.4. The van der Waals surface area contributed by atoms with Crippen LogP contribution in [0.25, 0.3) is 0 Å². The minimum atomic E-state index is -1.02. The molecule has 0 saturated heterocycles. The van der Waals surface area contributed by atoms with Crippen molar-refractivity contribution < 1.29 is 14.7 Å². The Morgan fingerprint density at radius 3 is 2.50 bits per heavy atom. The largest absolute Gasteiger partial charge is 0.480 e. The van der Waals surface area contributed by atoms with Gasteiger partial charge in [-0.05, 0) is 37.8 Å². The fraction of sp³-hybridized carbons (Fsp3) is 0.529. The van der Waals surface area contributed by atoms with Crippen molar-refractivity contribution in [2.45, 2.75) is 52.2 Å². The third kappa shape index (κ3) is 3.08. The second-order valence-corrected chi connectivity index (χ2v) is 6.35. The van der Waals surface area contributed by atoms with E-state index in [-0.39, 0.29) is 23.9 Å². The molecular weight excluding hydrogens is 280 g/mol. The highest BCUT2D eigenvalue weighted by molar-refractivity contribution is 5.90. The van der Waals surface area contributed by atoms with Gasteiger partial charge < -0.3 is 15.3 Å². The van der Waals surface area contributed by atoms with E-state index >= 15 is 0 Å². The Kier molecular flexibility index (Phi) is 4.74. The lowest BCUT2D eigenvalue weighted by molar-refractivity contribution is -0.141. The van der Waals surface area contributed by atoms with Crippen LogP contribution in [-0.2, 0) is 16.0 Å². The molecule has 0 fully saturated rings. The van der Waals surface area contributed by atoms with Crippen molar-refractivity contribution in [3.05, 3.63) is 29.8 Å². The van der Waals surface area contributed by atoms with Crippen LogP contribution in [0.1, 0.15) is 33.3 Å². The number of amides is 1. The number of nitrogens with zero attached hydrogens (tertiary/aromatic N) is 1. The Labute approximate surface area is 131 Å². The zero-order valence-electron chi connectivity index (χ0n) is 13.5. The summed E-state index contributed by atoms with van der Waals surface area (Å²) in [6, 6.07) is 7.05. The summed E-state index contributed by atoms with van der Waals surface area (Å²) in [5.74, 6) is -1.17. The molecule has 1 aliphatic heterocycles. The summed E-state index contributed by atoms with van der Waals surface area (Å²) in [4.78, 5) is 25.7. The number of hydrogen-bond donors (Lipinski definition) is 2. The number of para-hydroxylation sites is 1. The summed E-state index contributed by atoms with van der Waals surface area (Å²) in [5.41, 5.74) is 2.31. The minimum Gasteiger partial charge on any atom is -0.480 e. The molecule has 5 nitrogen and oxygen atoms in total. The fourth-order valence-electron chi connectivity index (χ4n) is 3.12. The molecule has 2 rings (SSSR count). The van der Waals surface area contributed by atoms with Gasteiger partial charge in [-0.1, -0.05) is 32.0 Å². The molecule has 1 aromatic rings. The van der Waals surface area contributed by atoms with Crippen molar-refractivity contribution in [3.8, 4) is 0 Å². The lowest BCUT2D eigenvalue weighted by Crippen LogP contribution is -2.54. The van der Waals surface area contributed by atoms with Crippen LogP contribution in [-0.4, -0.2) is 35.1 Å². The maximum absolute atomic E-state index is 12.6. The average Bonchev–Trinajstić information content (AvgIpc) is 2.75. The standard InChI is InChI=1S/C17H24N2O3/c1-10(2)15(16(20)18-12(4)17(21)22)19-11(3)9-13-7-5-6-8-14(13)19/h5-8,10-12,15H,9H2,1-4H3,(H,18,20)(H,21,22). The Morgan fingerprint density at radius 2 is 1.91 bits per heavy atom. The zero-order valence-corrected chi connectivity index (χ0v) is 13.5. The summed E-state index contributed by atoms with van der Waals surface area (Å²) >= 11 is 0. The van der Waals surface area contributed by atoms with Gasteiger partial charge in [-0.25, -0.2) is 0 Å². The summed E-state index contributed by atoms with van der Waals surface area (Å²) in [5, 5.41) is 11.6. The third-order valence-electron chi connectivity index (χ3n) is 4.19. The van der Waals surface area contributed by atoms with E-state index in [2.05, 4.69) is 23.2 Å². The average molecular weight is 304 g/mol. The second-order valence-electron chi connectivity index (χ2n) is 6.35. The number of fused-ring (bicyclic) bond motifs is 1. The van der Waals surface area contributed by atoms with Gasteiger partial charge in [-0.2, -0.15) is 0 Å². The Morgan fingerprint density at radius 1 is 1.27 bits per heavy atom. The molecule has 1 heterocycles. The van der Waals surface area contributed by atoms with Gasteiger partial charge in [0.2, 0.25) is 5.91 Å². The van der Waals surface area contributed by atoms with E-state index in [0.717, 1.165) is 12.1 Å². The van der Waals surface area contributed by atoms with E-state index in [4.69, 9.17) is 5.11 Å². The van der Waals surface area contributed by atoms with Gasteiger partial charge in [0.1, 0.15) is 12.1 Å². The van der Waals surface area contributed by atoms with Gasteiger partial charge in [0.25, 0.3) is 0 Å². The van der Waals surface area contributed by atoms with E-state index in [0.29, 0.717) is 0 Å². The monoisotopic (exact) mass is 304 g/mol. The molecule has 3 atom stereocenters. The van der Waals surface area contributed by atoms with Crippen molar-refractivity contribution in [1.29, 1.82) is 0 Å². The number of aliphatic carboxylic acids is 1. The minimum absolute atomic E-state index is 0.0783. The Hall–Kier alpha value is -2.04. The third-order valence-corrected chi connectivity index (χ3v) is 4.19. The first kappa shape index (κ1) is 16.3. The molecule has 0 saturated carbocycles. The van der Waals surface area contributed by atoms with E-state index in [1.807, 2.05) is 32.0 Å². The van der Waals surface area contributed by atoms with Gasteiger partial charge in [0.05, 0.1) is 0 Å². The lowest BCUT2D eigenvalue weighted by atomic mass is 10.00. The van der Waals surface area contributed by atoms with Gasteiger partial charge >= 0.3 is 5.97 Å². The van der Waals surface area contributed by atoms with Crippen LogP contribution >= 0.6 is 0 Å². The SMILES string of the molecule is CC(NC(=O)C(C(C)C)N1c2ccccc2CC1C)C(=O)O. The number of benzene rings is 1. The predicted molar refractivity (Wildman–Crippen MR) is 86.0 cm³/mol.